The van der Waals surface area contributed by atoms with Crippen molar-refractivity contribution in [3.05, 3.63) is 52.5 Å². The van der Waals surface area contributed by atoms with E-state index in [0.29, 0.717) is 0 Å². The van der Waals surface area contributed by atoms with Crippen LogP contribution in [0.15, 0.2) is 47.0 Å². The molecular formula is C13H10BrNO2. The summed E-state index contributed by atoms with van der Waals surface area (Å²) in [6, 6.07) is 9.06. The topological polar surface area (TPSA) is 50.1 Å². The molecule has 0 bridgehead atoms. The van der Waals surface area contributed by atoms with Gasteiger partial charge in [-0.15, -0.1) is 0 Å². The molecule has 0 radical (unpaired) electrons. The maximum Gasteiger partial charge on any atom is 0.349 e. The Labute approximate surface area is 108 Å². The first kappa shape index (κ1) is 13.2. The number of hydrogen-bond acceptors (Lipinski definition) is 3. The van der Waals surface area contributed by atoms with Crippen LogP contribution in [0.3, 0.4) is 0 Å². The number of benzene rings is 1. The zero-order valence-electron chi connectivity index (χ0n) is 9.02. The van der Waals surface area contributed by atoms with Gasteiger partial charge >= 0.3 is 5.97 Å². The van der Waals surface area contributed by atoms with E-state index in [0.717, 1.165) is 10.0 Å². The molecule has 1 rings (SSSR count). The standard InChI is InChI=1S/C13H10BrNO2/c1-2-7-17-13(16)11(9-15)8-10-3-5-12(14)6-4-10/h2-6,8H,1,7H2/b11-8-. The molecule has 0 heterocycles. The molecule has 3 nitrogen and oxygen atoms in total. The Morgan fingerprint density at radius 3 is 2.65 bits per heavy atom. The van der Waals surface area contributed by atoms with Crippen LogP contribution < -0.4 is 0 Å². The normalized spacial score (nSPS) is 10.5. The summed E-state index contributed by atoms with van der Waals surface area (Å²) >= 11 is 3.30. The van der Waals surface area contributed by atoms with Crippen molar-refractivity contribution in [1.82, 2.24) is 0 Å². The minimum absolute atomic E-state index is 0.0332. The van der Waals surface area contributed by atoms with Crippen molar-refractivity contribution in [2.75, 3.05) is 6.61 Å². The summed E-state index contributed by atoms with van der Waals surface area (Å²) < 4.78 is 5.72. The third kappa shape index (κ3) is 4.25. The smallest absolute Gasteiger partial charge is 0.349 e. The number of nitriles is 1. The van der Waals surface area contributed by atoms with Gasteiger partial charge in [0, 0.05) is 4.47 Å². The Kier molecular flexibility index (Phi) is 5.18. The van der Waals surface area contributed by atoms with Crippen LogP contribution in [0.4, 0.5) is 0 Å². The van der Waals surface area contributed by atoms with E-state index in [1.54, 1.807) is 12.1 Å². The van der Waals surface area contributed by atoms with Crippen LogP contribution in [0.2, 0.25) is 0 Å². The van der Waals surface area contributed by atoms with E-state index in [9.17, 15) is 4.79 Å². The summed E-state index contributed by atoms with van der Waals surface area (Å²) in [7, 11) is 0. The molecule has 0 saturated carbocycles. The fourth-order valence-corrected chi connectivity index (χ4v) is 1.34. The van der Waals surface area contributed by atoms with E-state index >= 15 is 0 Å². The molecule has 0 aliphatic carbocycles. The molecule has 86 valence electrons. The lowest BCUT2D eigenvalue weighted by molar-refractivity contribution is -0.137. The molecule has 0 aliphatic rings. The number of nitrogens with zero attached hydrogens (tertiary/aromatic N) is 1. The van der Waals surface area contributed by atoms with Gasteiger partial charge in [0.25, 0.3) is 0 Å². The molecule has 0 amide bonds. The van der Waals surface area contributed by atoms with E-state index in [1.165, 1.54) is 12.2 Å². The van der Waals surface area contributed by atoms with Crippen LogP contribution in [0.25, 0.3) is 6.08 Å². The van der Waals surface area contributed by atoms with Crippen molar-refractivity contribution in [3.63, 3.8) is 0 Å². The average Bonchev–Trinajstić information content (AvgIpc) is 2.35. The maximum atomic E-state index is 11.4. The third-order valence-electron chi connectivity index (χ3n) is 1.85. The van der Waals surface area contributed by atoms with Crippen LogP contribution >= 0.6 is 15.9 Å². The highest BCUT2D eigenvalue weighted by atomic mass is 79.9. The number of hydrogen-bond donors (Lipinski definition) is 0. The monoisotopic (exact) mass is 291 g/mol. The first-order chi connectivity index (χ1) is 8.17. The van der Waals surface area contributed by atoms with Crippen LogP contribution in [0.5, 0.6) is 0 Å². The first-order valence-electron chi connectivity index (χ1n) is 4.82. The highest BCUT2D eigenvalue weighted by molar-refractivity contribution is 9.10. The van der Waals surface area contributed by atoms with Crippen molar-refractivity contribution in [3.8, 4) is 6.07 Å². The lowest BCUT2D eigenvalue weighted by Gasteiger charge is -2.00. The minimum Gasteiger partial charge on any atom is -0.457 e. The van der Waals surface area contributed by atoms with E-state index < -0.39 is 5.97 Å². The molecule has 0 aliphatic heterocycles. The van der Waals surface area contributed by atoms with Gasteiger partial charge in [-0.1, -0.05) is 40.7 Å². The molecule has 0 fully saturated rings. The molecular weight excluding hydrogens is 282 g/mol. The average molecular weight is 292 g/mol. The van der Waals surface area contributed by atoms with Gasteiger partial charge in [-0.05, 0) is 23.8 Å². The second-order valence-electron chi connectivity index (χ2n) is 3.11. The molecule has 17 heavy (non-hydrogen) atoms. The van der Waals surface area contributed by atoms with Gasteiger partial charge < -0.3 is 4.74 Å². The lowest BCUT2D eigenvalue weighted by atomic mass is 10.1. The first-order valence-corrected chi connectivity index (χ1v) is 5.62. The van der Waals surface area contributed by atoms with Crippen molar-refractivity contribution in [1.29, 1.82) is 5.26 Å². The summed E-state index contributed by atoms with van der Waals surface area (Å²) in [4.78, 5) is 11.4. The van der Waals surface area contributed by atoms with Crippen molar-refractivity contribution < 1.29 is 9.53 Å². The highest BCUT2D eigenvalue weighted by Crippen LogP contribution is 2.13. The van der Waals surface area contributed by atoms with Crippen LogP contribution in [0.1, 0.15) is 5.56 Å². The molecule has 0 N–H and O–H groups in total. The van der Waals surface area contributed by atoms with Crippen LogP contribution in [0, 0.1) is 11.3 Å². The maximum absolute atomic E-state index is 11.4. The number of halogens is 1. The van der Waals surface area contributed by atoms with E-state index in [1.807, 2.05) is 18.2 Å². The number of rotatable bonds is 4. The fraction of sp³-hybridized carbons (Fsp3) is 0.0769. The van der Waals surface area contributed by atoms with Gasteiger partial charge in [-0.25, -0.2) is 4.79 Å². The van der Waals surface area contributed by atoms with Gasteiger partial charge in [-0.3, -0.25) is 0 Å². The Hall–Kier alpha value is -1.86. The SMILES string of the molecule is C=CCOC(=O)/C(C#N)=C\c1ccc(Br)cc1. The van der Waals surface area contributed by atoms with E-state index in [4.69, 9.17) is 10.00 Å². The number of carbonyl (C=O) groups is 1. The fourth-order valence-electron chi connectivity index (χ4n) is 1.07. The summed E-state index contributed by atoms with van der Waals surface area (Å²) in [5.74, 6) is -0.643. The second kappa shape index (κ2) is 6.66. The van der Waals surface area contributed by atoms with Crippen LogP contribution in [-0.4, -0.2) is 12.6 Å². The largest absolute Gasteiger partial charge is 0.457 e. The molecule has 1 aromatic carbocycles. The number of esters is 1. The highest BCUT2D eigenvalue weighted by Gasteiger charge is 2.09. The molecule has 0 saturated heterocycles. The predicted molar refractivity (Wildman–Crippen MR) is 68.9 cm³/mol. The molecule has 0 atom stereocenters. The Morgan fingerprint density at radius 1 is 1.47 bits per heavy atom. The zero-order chi connectivity index (χ0) is 12.7. The Morgan fingerprint density at radius 2 is 2.12 bits per heavy atom. The Bertz CT molecular complexity index is 483. The van der Waals surface area contributed by atoms with Gasteiger partial charge in [0.15, 0.2) is 0 Å². The molecule has 1 aromatic rings. The van der Waals surface area contributed by atoms with E-state index in [-0.39, 0.29) is 12.2 Å². The van der Waals surface area contributed by atoms with Crippen molar-refractivity contribution in [2.45, 2.75) is 0 Å². The van der Waals surface area contributed by atoms with E-state index in [2.05, 4.69) is 22.5 Å². The summed E-state index contributed by atoms with van der Waals surface area (Å²) in [6.07, 6.45) is 2.93. The third-order valence-corrected chi connectivity index (χ3v) is 2.38. The number of ether oxygens (including phenoxy) is 1. The summed E-state index contributed by atoms with van der Waals surface area (Å²) in [6.45, 7) is 3.52. The van der Waals surface area contributed by atoms with Crippen molar-refractivity contribution in [2.24, 2.45) is 0 Å². The molecule has 0 spiro atoms. The van der Waals surface area contributed by atoms with Gasteiger partial charge in [0.2, 0.25) is 0 Å². The molecule has 4 heteroatoms. The summed E-state index contributed by atoms with van der Waals surface area (Å²) in [5, 5.41) is 8.86. The number of carbonyl (C=O) groups excluding carboxylic acids is 1. The van der Waals surface area contributed by atoms with Crippen molar-refractivity contribution >= 4 is 28.0 Å². The summed E-state index contributed by atoms with van der Waals surface area (Å²) in [5.41, 5.74) is 0.731. The van der Waals surface area contributed by atoms with Gasteiger partial charge in [-0.2, -0.15) is 5.26 Å². The predicted octanol–water partition coefficient (Wildman–Crippen LogP) is 3.09. The molecule has 0 aromatic heterocycles. The minimum atomic E-state index is -0.643. The second-order valence-corrected chi connectivity index (χ2v) is 4.02. The molecule has 0 unspecified atom stereocenters. The Balaban J connectivity index is 2.87. The van der Waals surface area contributed by atoms with Gasteiger partial charge in [0.1, 0.15) is 18.2 Å². The van der Waals surface area contributed by atoms with Gasteiger partial charge in [0.05, 0.1) is 0 Å². The quantitative estimate of drug-likeness (QED) is 0.371. The lowest BCUT2D eigenvalue weighted by Crippen LogP contribution is -2.06. The van der Waals surface area contributed by atoms with Crippen LogP contribution in [-0.2, 0) is 9.53 Å². The zero-order valence-corrected chi connectivity index (χ0v) is 10.6.